The van der Waals surface area contributed by atoms with Crippen LogP contribution in [0, 0.1) is 0 Å². The number of nitrogens with one attached hydrogen (secondary N) is 1. The molecule has 1 saturated heterocycles. The predicted molar refractivity (Wildman–Crippen MR) is 109 cm³/mol. The third-order valence-corrected chi connectivity index (χ3v) is 4.29. The van der Waals surface area contributed by atoms with Crippen molar-refractivity contribution in [2.45, 2.75) is 0 Å². The van der Waals surface area contributed by atoms with Crippen molar-refractivity contribution in [1.82, 2.24) is 5.32 Å². The monoisotopic (exact) mass is 412 g/mol. The van der Waals surface area contributed by atoms with E-state index in [1.54, 1.807) is 36.4 Å². The molecule has 1 fully saturated rings. The van der Waals surface area contributed by atoms with Crippen molar-refractivity contribution >= 4 is 41.2 Å². The number of hydrogen-bond acceptors (Lipinski definition) is 5. The highest BCUT2D eigenvalue weighted by Gasteiger charge is 2.36. The Morgan fingerprint density at radius 1 is 1.10 bits per heavy atom. The fraction of sp³-hybridized carbons (Fsp3) is 0.0952. The summed E-state index contributed by atoms with van der Waals surface area (Å²) in [4.78, 5) is 38.2. The van der Waals surface area contributed by atoms with E-state index in [2.05, 4.69) is 11.9 Å². The van der Waals surface area contributed by atoms with Gasteiger partial charge in [-0.25, -0.2) is 9.69 Å². The van der Waals surface area contributed by atoms with Gasteiger partial charge in [0, 0.05) is 5.02 Å². The van der Waals surface area contributed by atoms with Crippen molar-refractivity contribution in [1.29, 1.82) is 0 Å². The van der Waals surface area contributed by atoms with E-state index in [9.17, 15) is 14.4 Å². The summed E-state index contributed by atoms with van der Waals surface area (Å²) in [6.45, 7) is 3.89. The third kappa shape index (κ3) is 4.30. The normalized spacial score (nSPS) is 15.3. The first kappa shape index (κ1) is 20.2. The van der Waals surface area contributed by atoms with Crippen LogP contribution >= 0.6 is 11.6 Å². The minimum atomic E-state index is -0.828. The molecule has 2 aromatic carbocycles. The molecular weight excluding hydrogens is 396 g/mol. The number of anilines is 1. The lowest BCUT2D eigenvalue weighted by Crippen LogP contribution is -2.54. The summed E-state index contributed by atoms with van der Waals surface area (Å²) in [6, 6.07) is 10.2. The van der Waals surface area contributed by atoms with Crippen LogP contribution in [-0.4, -0.2) is 31.6 Å². The van der Waals surface area contributed by atoms with Gasteiger partial charge in [0.15, 0.2) is 11.5 Å². The number of barbiturate groups is 1. The lowest BCUT2D eigenvalue weighted by atomic mass is 10.1. The van der Waals surface area contributed by atoms with Crippen LogP contribution in [-0.2, 0) is 9.59 Å². The number of hydrogen-bond donors (Lipinski definition) is 1. The molecule has 0 bridgehead atoms. The van der Waals surface area contributed by atoms with E-state index in [0.29, 0.717) is 34.4 Å². The molecule has 3 rings (SSSR count). The molecule has 0 unspecified atom stereocenters. The number of imide groups is 2. The molecule has 0 spiro atoms. The van der Waals surface area contributed by atoms with Gasteiger partial charge in [0.25, 0.3) is 11.8 Å². The molecule has 0 aromatic heterocycles. The third-order valence-electron chi connectivity index (χ3n) is 4.04. The van der Waals surface area contributed by atoms with Crippen molar-refractivity contribution in [3.63, 3.8) is 0 Å². The Kier molecular flexibility index (Phi) is 5.99. The first-order valence-electron chi connectivity index (χ1n) is 8.53. The molecule has 0 atom stereocenters. The lowest BCUT2D eigenvalue weighted by molar-refractivity contribution is -0.122. The molecule has 0 aliphatic carbocycles. The molecule has 148 valence electrons. The fourth-order valence-corrected chi connectivity index (χ4v) is 2.82. The van der Waals surface area contributed by atoms with Crippen LogP contribution < -0.4 is 19.7 Å². The number of benzene rings is 2. The first-order valence-corrected chi connectivity index (χ1v) is 8.91. The number of amides is 4. The summed E-state index contributed by atoms with van der Waals surface area (Å²) in [6.07, 6.45) is 2.98. The minimum absolute atomic E-state index is 0.193. The Hall–Kier alpha value is -3.58. The molecule has 1 N–H and O–H groups in total. The number of rotatable bonds is 6. The smallest absolute Gasteiger partial charge is 0.335 e. The number of urea groups is 1. The number of methoxy groups -OCH3 is 1. The second-order valence-electron chi connectivity index (χ2n) is 5.94. The Morgan fingerprint density at radius 2 is 1.83 bits per heavy atom. The zero-order chi connectivity index (χ0) is 21.0. The van der Waals surface area contributed by atoms with E-state index < -0.39 is 17.8 Å². The van der Waals surface area contributed by atoms with Crippen LogP contribution in [0.2, 0.25) is 5.02 Å². The summed E-state index contributed by atoms with van der Waals surface area (Å²) < 4.78 is 10.8. The Bertz CT molecular complexity index is 1010. The SMILES string of the molecule is C=CCOc1ccc(/C=C2\C(=O)NC(=O)N(c3ccc(Cl)cc3)C2=O)cc1OC. The number of carbonyl (C=O) groups excluding carboxylic acids is 3. The summed E-state index contributed by atoms with van der Waals surface area (Å²) >= 11 is 5.86. The number of ether oxygens (including phenoxy) is 2. The van der Waals surface area contributed by atoms with Gasteiger partial charge in [-0.15, -0.1) is 0 Å². The summed E-state index contributed by atoms with van der Waals surface area (Å²) in [5, 5.41) is 2.62. The molecule has 0 saturated carbocycles. The zero-order valence-electron chi connectivity index (χ0n) is 15.5. The number of halogens is 1. The molecule has 29 heavy (non-hydrogen) atoms. The van der Waals surface area contributed by atoms with Crippen LogP contribution in [0.5, 0.6) is 11.5 Å². The molecule has 7 nitrogen and oxygen atoms in total. The van der Waals surface area contributed by atoms with Gasteiger partial charge >= 0.3 is 6.03 Å². The Labute approximate surface area is 172 Å². The number of nitrogens with zero attached hydrogens (tertiary/aromatic N) is 1. The zero-order valence-corrected chi connectivity index (χ0v) is 16.2. The molecule has 0 radical (unpaired) electrons. The summed E-state index contributed by atoms with van der Waals surface area (Å²) in [7, 11) is 1.48. The van der Waals surface area contributed by atoms with Gasteiger partial charge in [-0.1, -0.05) is 30.3 Å². The second kappa shape index (κ2) is 8.62. The lowest BCUT2D eigenvalue weighted by Gasteiger charge is -2.26. The van der Waals surface area contributed by atoms with E-state index in [0.717, 1.165) is 4.90 Å². The predicted octanol–water partition coefficient (Wildman–Crippen LogP) is 3.58. The topological polar surface area (TPSA) is 84.9 Å². The van der Waals surface area contributed by atoms with Gasteiger partial charge in [-0.2, -0.15) is 0 Å². The Balaban J connectivity index is 1.96. The highest BCUT2D eigenvalue weighted by atomic mass is 35.5. The van der Waals surface area contributed by atoms with Crippen molar-refractivity contribution in [2.75, 3.05) is 18.6 Å². The molecule has 1 aliphatic rings. The molecule has 8 heteroatoms. The van der Waals surface area contributed by atoms with Crippen molar-refractivity contribution in [2.24, 2.45) is 0 Å². The van der Waals surface area contributed by atoms with Crippen molar-refractivity contribution < 1.29 is 23.9 Å². The maximum Gasteiger partial charge on any atom is 0.335 e. The van der Waals surface area contributed by atoms with Crippen molar-refractivity contribution in [3.05, 3.63) is 71.3 Å². The van der Waals surface area contributed by atoms with Gasteiger partial charge in [0.05, 0.1) is 12.8 Å². The standard InChI is InChI=1S/C21H17ClN2O5/c1-3-10-29-17-9-4-13(12-18(17)28-2)11-16-19(25)23-21(27)24(20(16)26)15-7-5-14(22)6-8-15/h3-9,11-12H,1,10H2,2H3,(H,23,25,27)/b16-11+. The van der Waals surface area contributed by atoms with E-state index in [4.69, 9.17) is 21.1 Å². The average molecular weight is 413 g/mol. The van der Waals surface area contributed by atoms with E-state index in [1.165, 1.54) is 25.3 Å². The van der Waals surface area contributed by atoms with Gasteiger partial charge in [0.1, 0.15) is 12.2 Å². The maximum absolute atomic E-state index is 12.9. The second-order valence-corrected chi connectivity index (χ2v) is 6.38. The van der Waals surface area contributed by atoms with E-state index in [1.807, 2.05) is 0 Å². The van der Waals surface area contributed by atoms with Crippen LogP contribution in [0.4, 0.5) is 10.5 Å². The molecule has 1 heterocycles. The maximum atomic E-state index is 12.9. The van der Waals surface area contributed by atoms with E-state index >= 15 is 0 Å². The van der Waals surface area contributed by atoms with Gasteiger partial charge in [0.2, 0.25) is 0 Å². The summed E-state index contributed by atoms with van der Waals surface area (Å²) in [5.74, 6) is -0.606. The molecule has 2 aromatic rings. The summed E-state index contributed by atoms with van der Waals surface area (Å²) in [5.41, 5.74) is 0.624. The quantitative estimate of drug-likeness (QED) is 0.445. The van der Waals surface area contributed by atoms with Crippen LogP contribution in [0.1, 0.15) is 5.56 Å². The van der Waals surface area contributed by atoms with Crippen LogP contribution in [0.25, 0.3) is 6.08 Å². The van der Waals surface area contributed by atoms with Crippen LogP contribution in [0.15, 0.2) is 60.7 Å². The van der Waals surface area contributed by atoms with Gasteiger partial charge < -0.3 is 9.47 Å². The molecule has 1 aliphatic heterocycles. The van der Waals surface area contributed by atoms with E-state index in [-0.39, 0.29) is 5.57 Å². The Morgan fingerprint density at radius 3 is 2.48 bits per heavy atom. The first-order chi connectivity index (χ1) is 13.9. The van der Waals surface area contributed by atoms with Crippen LogP contribution in [0.3, 0.4) is 0 Å². The van der Waals surface area contributed by atoms with Crippen molar-refractivity contribution in [3.8, 4) is 11.5 Å². The minimum Gasteiger partial charge on any atom is -0.493 e. The highest BCUT2D eigenvalue weighted by molar-refractivity contribution is 6.39. The largest absolute Gasteiger partial charge is 0.493 e. The van der Waals surface area contributed by atoms with Gasteiger partial charge in [-0.05, 0) is 48.0 Å². The molecular formula is C21H17ClN2O5. The average Bonchev–Trinajstić information content (AvgIpc) is 2.71. The molecule has 4 amide bonds. The fourth-order valence-electron chi connectivity index (χ4n) is 2.69. The highest BCUT2D eigenvalue weighted by Crippen LogP contribution is 2.30. The number of carbonyl (C=O) groups is 3. The van der Waals surface area contributed by atoms with Gasteiger partial charge in [-0.3, -0.25) is 14.9 Å².